The number of hydrogen-bond donors (Lipinski definition) is 0. The second-order valence-corrected chi connectivity index (χ2v) is 37.7. The summed E-state index contributed by atoms with van der Waals surface area (Å²) < 4.78 is 20.7. The molecule has 1 unspecified atom stereocenters. The molecule has 29 rings (SSSR count). The summed E-state index contributed by atoms with van der Waals surface area (Å²) in [6, 6.07) is 150. The summed E-state index contributed by atoms with van der Waals surface area (Å²) in [5.41, 5.74) is 36.2. The standard InChI is InChI=1S/C51H32N2O.C44H30N2O.C36H27N3O/c1-5-15-33(16-6-1)35-25-29-45-43(31-35)48(34-17-7-2-8-18-34)53-50(52-45)36-26-30-46-42(32-36)41-28-27-40-39-23-13-14-24-44(39)51(47(40)49(41)54-46,37-19-9-3-10-20-37)38-21-11-4-12-22-38;1-3-44(2)36-18-10-8-16-31(36)33-22-23-34-32-21-20-28(25-38(32)47-42(34)40(33)44)41-35-17-9-11-19-37(35)45-43(46-41)39-29-14-6-4-12-26(29)24-27-13-5-7-15-30(27)39;1-3-36(4-2)28-13-7-5-11-23(28)25-18-19-26-24-17-16-22(21-31(24)40-34(26)32(25)36)35-38-29-14-8-6-12-27(29)33(39-35)30-15-9-10-20-37-30/h1-32H;4-25H,3H2,1-2H3;5-21H,3-4H2,1-2H3. The molecule has 666 valence electrons. The molecular formula is C131H89N7O3. The molecule has 26 aromatic rings. The molecule has 1 atom stereocenters. The zero-order chi connectivity index (χ0) is 93.8. The molecule has 0 N–H and O–H groups in total. The maximum Gasteiger partial charge on any atom is 0.161 e. The Labute approximate surface area is 813 Å². The first-order chi connectivity index (χ1) is 69.6. The Morgan fingerprint density at radius 3 is 1.29 bits per heavy atom. The van der Waals surface area contributed by atoms with Crippen LogP contribution in [0.5, 0.6) is 0 Å². The Hall–Kier alpha value is -17.7. The van der Waals surface area contributed by atoms with Crippen LogP contribution >= 0.6 is 0 Å². The van der Waals surface area contributed by atoms with Gasteiger partial charge >= 0.3 is 0 Å². The molecule has 10 heteroatoms. The van der Waals surface area contributed by atoms with Crippen LogP contribution in [0.3, 0.4) is 0 Å². The quantitative estimate of drug-likeness (QED) is 0.109. The minimum atomic E-state index is -0.560. The summed E-state index contributed by atoms with van der Waals surface area (Å²) in [6.07, 6.45) is 4.85. The fourth-order valence-corrected chi connectivity index (χ4v) is 23.7. The Kier molecular flexibility index (Phi) is 19.2. The predicted octanol–water partition coefficient (Wildman–Crippen LogP) is 34.1. The number of benzene rings is 19. The van der Waals surface area contributed by atoms with Crippen molar-refractivity contribution >= 4 is 120 Å². The molecule has 3 aliphatic carbocycles. The van der Waals surface area contributed by atoms with Crippen LogP contribution in [0.15, 0.2) is 444 Å². The lowest BCUT2D eigenvalue weighted by Gasteiger charge is -2.33. The van der Waals surface area contributed by atoms with Crippen molar-refractivity contribution in [2.75, 3.05) is 0 Å². The van der Waals surface area contributed by atoms with Gasteiger partial charge in [-0.2, -0.15) is 0 Å². The van der Waals surface area contributed by atoms with Crippen molar-refractivity contribution in [3.05, 3.63) is 475 Å². The molecule has 3 aliphatic rings. The molecule has 0 spiro atoms. The van der Waals surface area contributed by atoms with Gasteiger partial charge in [-0.15, -0.1) is 0 Å². The molecule has 141 heavy (non-hydrogen) atoms. The third kappa shape index (κ3) is 12.8. The topological polar surface area (TPSA) is 130 Å². The largest absolute Gasteiger partial charge is 0.456 e. The molecule has 0 saturated heterocycles. The van der Waals surface area contributed by atoms with E-state index in [2.05, 4.69) is 409 Å². The number of nitrogens with zero attached hydrogens (tertiary/aromatic N) is 7. The van der Waals surface area contributed by atoms with Crippen molar-refractivity contribution in [2.24, 2.45) is 0 Å². The predicted molar refractivity (Wildman–Crippen MR) is 578 cm³/mol. The molecule has 7 heterocycles. The first-order valence-electron chi connectivity index (χ1n) is 48.8. The Balaban J connectivity index is 0.000000107. The van der Waals surface area contributed by atoms with Crippen molar-refractivity contribution in [2.45, 2.75) is 63.2 Å². The average Bonchev–Trinajstić information content (AvgIpc) is 1.52. The maximum atomic E-state index is 6.99. The highest BCUT2D eigenvalue weighted by Gasteiger charge is 2.49. The number of hydrogen-bond acceptors (Lipinski definition) is 10. The number of pyridine rings is 1. The summed E-state index contributed by atoms with van der Waals surface area (Å²) in [4.78, 5) is 35.6. The number of rotatable bonds is 12. The van der Waals surface area contributed by atoms with Gasteiger partial charge in [-0.25, -0.2) is 29.9 Å². The highest BCUT2D eigenvalue weighted by molar-refractivity contribution is 6.16. The minimum absolute atomic E-state index is 0.0544. The third-order valence-electron chi connectivity index (χ3n) is 30.6. The van der Waals surface area contributed by atoms with Crippen molar-refractivity contribution in [3.8, 4) is 113 Å². The molecular weight excluding hydrogens is 1720 g/mol. The van der Waals surface area contributed by atoms with Gasteiger partial charge in [0.25, 0.3) is 0 Å². The number of para-hydroxylation sites is 2. The van der Waals surface area contributed by atoms with Gasteiger partial charge in [0.15, 0.2) is 17.5 Å². The lowest BCUT2D eigenvalue weighted by molar-refractivity contribution is 0.486. The average molecular weight is 1810 g/mol. The number of furan rings is 3. The molecule has 0 amide bonds. The van der Waals surface area contributed by atoms with Crippen LogP contribution in [-0.4, -0.2) is 34.9 Å². The van der Waals surface area contributed by atoms with Crippen LogP contribution in [0, 0.1) is 0 Å². The van der Waals surface area contributed by atoms with Gasteiger partial charge in [0.2, 0.25) is 0 Å². The van der Waals surface area contributed by atoms with E-state index < -0.39 is 5.41 Å². The van der Waals surface area contributed by atoms with Gasteiger partial charge in [0.05, 0.1) is 39.0 Å². The summed E-state index contributed by atoms with van der Waals surface area (Å²) >= 11 is 0. The van der Waals surface area contributed by atoms with E-state index in [4.69, 9.17) is 43.2 Å². The van der Waals surface area contributed by atoms with E-state index in [0.717, 1.165) is 196 Å². The lowest BCUT2D eigenvalue weighted by Crippen LogP contribution is -2.28. The van der Waals surface area contributed by atoms with E-state index in [1.165, 1.54) is 88.7 Å². The second-order valence-electron chi connectivity index (χ2n) is 37.7. The first-order valence-corrected chi connectivity index (χ1v) is 48.8. The van der Waals surface area contributed by atoms with E-state index in [9.17, 15) is 0 Å². The van der Waals surface area contributed by atoms with E-state index in [-0.39, 0.29) is 10.8 Å². The molecule has 0 aliphatic heterocycles. The molecule has 0 radical (unpaired) electrons. The number of fused-ring (bicyclic) bond motifs is 26. The molecule has 0 bridgehead atoms. The van der Waals surface area contributed by atoms with Crippen LogP contribution in [0.4, 0.5) is 0 Å². The zero-order valence-electron chi connectivity index (χ0n) is 78.0. The van der Waals surface area contributed by atoms with Crippen LogP contribution < -0.4 is 0 Å². The maximum absolute atomic E-state index is 6.99. The van der Waals surface area contributed by atoms with Crippen molar-refractivity contribution in [1.82, 2.24) is 34.9 Å². The van der Waals surface area contributed by atoms with Crippen molar-refractivity contribution in [3.63, 3.8) is 0 Å². The monoisotopic (exact) mass is 1810 g/mol. The molecule has 0 saturated carbocycles. The summed E-state index contributed by atoms with van der Waals surface area (Å²) in [7, 11) is 0. The smallest absolute Gasteiger partial charge is 0.161 e. The highest BCUT2D eigenvalue weighted by Crippen LogP contribution is 2.61. The van der Waals surface area contributed by atoms with E-state index in [1.54, 1.807) is 6.20 Å². The first kappa shape index (κ1) is 82.7. The second kappa shape index (κ2) is 32.8. The third-order valence-corrected chi connectivity index (χ3v) is 30.6. The van der Waals surface area contributed by atoms with Gasteiger partial charge in [0.1, 0.15) is 39.2 Å². The SMILES string of the molecule is CCC1(C)c2ccccc2-c2ccc3c(oc4cc(-c5nc(-c6c7ccccc7cc7ccccc67)nc6ccccc56)ccc43)c21.CCC1(CC)c2ccccc2-c2ccc3c(oc4cc(-c5nc(-c6ccccn6)c6ccccc6n5)ccc43)c21.c1ccc(-c2ccc3nc(-c4ccc5oc6c7c(ccc6c5c4)-c4ccccc4C7(c4ccccc4)c4ccccc4)nc(-c4ccccc4)c3c2)cc1. The molecule has 7 aromatic heterocycles. The molecule has 19 aromatic carbocycles. The van der Waals surface area contributed by atoms with Crippen molar-refractivity contribution < 1.29 is 13.3 Å². The van der Waals surface area contributed by atoms with E-state index in [1.807, 2.05) is 48.5 Å². The fraction of sp³-hybridized carbons (Fsp3) is 0.0763. The van der Waals surface area contributed by atoms with Gasteiger partial charge in [0, 0.05) is 110 Å². The lowest BCUT2D eigenvalue weighted by atomic mass is 9.67. The van der Waals surface area contributed by atoms with Gasteiger partial charge in [-0.05, 0) is 216 Å². The molecule has 0 fully saturated rings. The van der Waals surface area contributed by atoms with Crippen molar-refractivity contribution in [1.29, 1.82) is 0 Å². The zero-order valence-corrected chi connectivity index (χ0v) is 78.0. The van der Waals surface area contributed by atoms with Crippen LogP contribution in [0.25, 0.3) is 233 Å². The Morgan fingerprint density at radius 1 is 0.241 bits per heavy atom. The van der Waals surface area contributed by atoms with Gasteiger partial charge in [-0.3, -0.25) is 4.98 Å². The van der Waals surface area contributed by atoms with Crippen LogP contribution in [0.2, 0.25) is 0 Å². The Morgan fingerprint density at radius 2 is 0.667 bits per heavy atom. The van der Waals surface area contributed by atoms with Gasteiger partial charge in [-0.1, -0.05) is 349 Å². The highest BCUT2D eigenvalue weighted by atomic mass is 16.3. The summed E-state index contributed by atoms with van der Waals surface area (Å²) in [6.45, 7) is 9.24. The minimum Gasteiger partial charge on any atom is -0.456 e. The number of aromatic nitrogens is 7. The van der Waals surface area contributed by atoms with E-state index in [0.29, 0.717) is 11.6 Å². The Bertz CT molecular complexity index is 9510. The fourth-order valence-electron chi connectivity index (χ4n) is 23.7. The van der Waals surface area contributed by atoms with Gasteiger partial charge < -0.3 is 13.3 Å². The van der Waals surface area contributed by atoms with E-state index >= 15 is 0 Å². The van der Waals surface area contributed by atoms with Crippen LogP contribution in [0.1, 0.15) is 91.5 Å². The van der Waals surface area contributed by atoms with Crippen LogP contribution in [-0.2, 0) is 16.2 Å². The molecule has 10 nitrogen and oxygen atoms in total. The normalized spacial score (nSPS) is 14.0. The summed E-state index contributed by atoms with van der Waals surface area (Å²) in [5, 5.41) is 14.4. The summed E-state index contributed by atoms with van der Waals surface area (Å²) in [5.74, 6) is 2.07.